The fourth-order valence-corrected chi connectivity index (χ4v) is 3.39. The Labute approximate surface area is 141 Å². The lowest BCUT2D eigenvalue weighted by molar-refractivity contribution is 0.402. The monoisotopic (exact) mass is 391 g/mol. The number of halogens is 4. The van der Waals surface area contributed by atoms with Crippen LogP contribution in [0, 0.1) is 5.82 Å². The highest BCUT2D eigenvalue weighted by atomic mass is 79.9. The van der Waals surface area contributed by atoms with Gasteiger partial charge >= 0.3 is 0 Å². The van der Waals surface area contributed by atoms with Crippen LogP contribution >= 0.6 is 39.1 Å². The molecule has 0 fully saturated rings. The summed E-state index contributed by atoms with van der Waals surface area (Å²) < 4.78 is 19.5. The first-order valence-corrected chi connectivity index (χ1v) is 7.68. The molecule has 0 aliphatic heterocycles. The minimum Gasteiger partial charge on any atom is -0.495 e. The number of benzene rings is 2. The molecule has 2 nitrogen and oxygen atoms in total. The maximum absolute atomic E-state index is 13.3. The molecule has 0 heterocycles. The molecule has 0 saturated heterocycles. The normalized spacial score (nSPS) is 12.3. The Balaban J connectivity index is 2.58. The highest BCUT2D eigenvalue weighted by Gasteiger charge is 2.20. The van der Waals surface area contributed by atoms with Gasteiger partial charge in [-0.25, -0.2) is 4.39 Å². The van der Waals surface area contributed by atoms with Gasteiger partial charge in [0, 0.05) is 10.6 Å². The number of hydrogen-bond acceptors (Lipinski definition) is 2. The molecule has 112 valence electrons. The average Bonchev–Trinajstić information content (AvgIpc) is 2.43. The molecule has 0 bridgehead atoms. The van der Waals surface area contributed by atoms with E-state index in [9.17, 15) is 4.39 Å². The van der Waals surface area contributed by atoms with Crippen LogP contribution in [0.1, 0.15) is 17.2 Å². The lowest BCUT2D eigenvalue weighted by Crippen LogP contribution is -2.18. The molecule has 2 rings (SSSR count). The highest BCUT2D eigenvalue weighted by molar-refractivity contribution is 9.10. The van der Waals surface area contributed by atoms with Gasteiger partial charge in [-0.05, 0) is 52.8 Å². The van der Waals surface area contributed by atoms with Crippen LogP contribution in [0.4, 0.5) is 4.39 Å². The SMILES string of the molecule is CNC(c1ccc(F)c(Cl)c1)c1cc(Cl)cc(Br)c1OC. The van der Waals surface area contributed by atoms with Gasteiger partial charge in [0.1, 0.15) is 11.6 Å². The maximum atomic E-state index is 13.3. The third kappa shape index (κ3) is 3.51. The van der Waals surface area contributed by atoms with E-state index in [0.29, 0.717) is 10.8 Å². The van der Waals surface area contributed by atoms with Crippen molar-refractivity contribution in [3.8, 4) is 5.75 Å². The molecule has 0 spiro atoms. The second-order valence-electron chi connectivity index (χ2n) is 4.41. The predicted molar refractivity (Wildman–Crippen MR) is 88.0 cm³/mol. The van der Waals surface area contributed by atoms with Gasteiger partial charge in [0.25, 0.3) is 0 Å². The van der Waals surface area contributed by atoms with E-state index < -0.39 is 5.82 Å². The smallest absolute Gasteiger partial charge is 0.141 e. The van der Waals surface area contributed by atoms with Crippen molar-refractivity contribution >= 4 is 39.1 Å². The minimum absolute atomic E-state index is 0.0767. The second-order valence-corrected chi connectivity index (χ2v) is 6.10. The molecule has 1 unspecified atom stereocenters. The number of ether oxygens (including phenoxy) is 1. The van der Waals surface area contributed by atoms with E-state index in [-0.39, 0.29) is 11.1 Å². The van der Waals surface area contributed by atoms with Crippen molar-refractivity contribution in [1.29, 1.82) is 0 Å². The first-order chi connectivity index (χ1) is 9.97. The van der Waals surface area contributed by atoms with Crippen LogP contribution in [0.15, 0.2) is 34.8 Å². The summed E-state index contributed by atoms with van der Waals surface area (Å²) >= 11 is 15.4. The summed E-state index contributed by atoms with van der Waals surface area (Å²) in [5, 5.41) is 3.82. The zero-order chi connectivity index (χ0) is 15.6. The molecule has 0 amide bonds. The molecule has 2 aromatic rings. The van der Waals surface area contributed by atoms with Crippen molar-refractivity contribution in [3.63, 3.8) is 0 Å². The van der Waals surface area contributed by atoms with E-state index in [1.807, 2.05) is 6.07 Å². The number of methoxy groups -OCH3 is 1. The lowest BCUT2D eigenvalue weighted by Gasteiger charge is -2.21. The zero-order valence-corrected chi connectivity index (χ0v) is 14.5. The van der Waals surface area contributed by atoms with Gasteiger partial charge < -0.3 is 10.1 Å². The molecule has 6 heteroatoms. The van der Waals surface area contributed by atoms with E-state index in [1.54, 1.807) is 32.4 Å². The summed E-state index contributed by atoms with van der Waals surface area (Å²) in [4.78, 5) is 0. The number of hydrogen-bond donors (Lipinski definition) is 1. The standard InChI is InChI=1S/C15H13BrCl2FNO/c1-20-14(8-3-4-13(19)12(18)5-8)10-6-9(17)7-11(16)15(10)21-2/h3-7,14,20H,1-2H3. The van der Waals surface area contributed by atoms with Crippen molar-refractivity contribution in [1.82, 2.24) is 5.32 Å². The lowest BCUT2D eigenvalue weighted by atomic mass is 9.98. The molecule has 0 aliphatic carbocycles. The quantitative estimate of drug-likeness (QED) is 0.770. The Kier molecular flexibility index (Phi) is 5.49. The molecular weight excluding hydrogens is 380 g/mol. The van der Waals surface area contributed by atoms with Crippen molar-refractivity contribution in [2.75, 3.05) is 14.2 Å². The fourth-order valence-electron chi connectivity index (χ4n) is 2.20. The van der Waals surface area contributed by atoms with E-state index in [1.165, 1.54) is 6.07 Å². The van der Waals surface area contributed by atoms with Gasteiger partial charge in [0.15, 0.2) is 0 Å². The maximum Gasteiger partial charge on any atom is 0.141 e. The molecule has 0 saturated carbocycles. The average molecular weight is 393 g/mol. The first kappa shape index (κ1) is 16.6. The molecule has 0 radical (unpaired) electrons. The highest BCUT2D eigenvalue weighted by Crippen LogP contribution is 2.38. The van der Waals surface area contributed by atoms with Gasteiger partial charge in [0.05, 0.1) is 22.6 Å². The Morgan fingerprint density at radius 3 is 2.52 bits per heavy atom. The van der Waals surface area contributed by atoms with Crippen LogP contribution in [-0.4, -0.2) is 14.2 Å². The summed E-state index contributed by atoms with van der Waals surface area (Å²) in [6.07, 6.45) is 0. The Morgan fingerprint density at radius 1 is 1.24 bits per heavy atom. The van der Waals surface area contributed by atoms with E-state index in [4.69, 9.17) is 27.9 Å². The molecule has 1 atom stereocenters. The molecule has 21 heavy (non-hydrogen) atoms. The Morgan fingerprint density at radius 2 is 1.95 bits per heavy atom. The van der Waals surface area contributed by atoms with E-state index in [2.05, 4.69) is 21.2 Å². The first-order valence-electron chi connectivity index (χ1n) is 6.13. The van der Waals surface area contributed by atoms with Crippen molar-refractivity contribution in [3.05, 3.63) is 61.8 Å². The number of rotatable bonds is 4. The van der Waals surface area contributed by atoms with Gasteiger partial charge in [-0.3, -0.25) is 0 Å². The molecule has 0 aromatic heterocycles. The van der Waals surface area contributed by atoms with Crippen molar-refractivity contribution in [2.24, 2.45) is 0 Å². The van der Waals surface area contributed by atoms with Gasteiger partial charge in [-0.15, -0.1) is 0 Å². The van der Waals surface area contributed by atoms with E-state index >= 15 is 0 Å². The van der Waals surface area contributed by atoms with Crippen LogP contribution in [0.3, 0.4) is 0 Å². The molecular formula is C15H13BrCl2FNO. The summed E-state index contributed by atoms with van der Waals surface area (Å²) in [5.74, 6) is 0.216. The van der Waals surface area contributed by atoms with Crippen LogP contribution in [-0.2, 0) is 0 Å². The number of nitrogens with one attached hydrogen (secondary N) is 1. The van der Waals surface area contributed by atoms with Crippen LogP contribution in [0.5, 0.6) is 5.75 Å². The topological polar surface area (TPSA) is 21.3 Å². The van der Waals surface area contributed by atoms with Gasteiger partial charge in [0.2, 0.25) is 0 Å². The van der Waals surface area contributed by atoms with Crippen LogP contribution in [0.2, 0.25) is 10.0 Å². The van der Waals surface area contributed by atoms with Crippen molar-refractivity contribution in [2.45, 2.75) is 6.04 Å². The van der Waals surface area contributed by atoms with Crippen LogP contribution in [0.25, 0.3) is 0 Å². The minimum atomic E-state index is -0.450. The summed E-state index contributed by atoms with van der Waals surface area (Å²) in [5.41, 5.74) is 1.65. The second kappa shape index (κ2) is 6.97. The van der Waals surface area contributed by atoms with Crippen molar-refractivity contribution < 1.29 is 9.13 Å². The van der Waals surface area contributed by atoms with Gasteiger partial charge in [-0.2, -0.15) is 0 Å². The Hall–Kier alpha value is -0.810. The molecule has 0 aliphatic rings. The fraction of sp³-hybridized carbons (Fsp3) is 0.200. The van der Waals surface area contributed by atoms with E-state index in [0.717, 1.165) is 15.6 Å². The molecule has 2 aromatic carbocycles. The predicted octanol–water partition coefficient (Wildman–Crippen LogP) is 5.21. The van der Waals surface area contributed by atoms with Gasteiger partial charge in [-0.1, -0.05) is 29.3 Å². The summed E-state index contributed by atoms with van der Waals surface area (Å²) in [6, 6.07) is 7.95. The summed E-state index contributed by atoms with van der Waals surface area (Å²) in [7, 11) is 3.39. The summed E-state index contributed by atoms with van der Waals surface area (Å²) in [6.45, 7) is 0. The molecule has 1 N–H and O–H groups in total. The third-order valence-corrected chi connectivity index (χ3v) is 4.21. The Bertz CT molecular complexity index is 666. The largest absolute Gasteiger partial charge is 0.495 e. The van der Waals surface area contributed by atoms with Crippen LogP contribution < -0.4 is 10.1 Å². The zero-order valence-electron chi connectivity index (χ0n) is 11.4. The third-order valence-electron chi connectivity index (χ3n) is 3.12.